The van der Waals surface area contributed by atoms with Crippen molar-refractivity contribution in [3.63, 3.8) is 0 Å². The van der Waals surface area contributed by atoms with Crippen LogP contribution in [0.5, 0.6) is 5.75 Å². The summed E-state index contributed by atoms with van der Waals surface area (Å²) >= 11 is 5.47. The zero-order valence-electron chi connectivity index (χ0n) is 7.61. The summed E-state index contributed by atoms with van der Waals surface area (Å²) in [5.41, 5.74) is -0.458. The highest BCUT2D eigenvalue weighted by atomic mass is 35.5. The largest absolute Gasteiger partial charge is 0.573 e. The number of alkyl halides is 4. The smallest absolute Gasteiger partial charge is 0.400 e. The minimum atomic E-state index is -4.89. The Hall–Kier alpha value is -1.17. The van der Waals surface area contributed by atoms with Crippen molar-refractivity contribution in [2.24, 2.45) is 0 Å². The monoisotopic (exact) mass is 241 g/mol. The standard InChI is InChI=1S/C8H7ClF3NO2/c1-4-5(2-9)3-13-7(14)6(4)15-8(10,11)12/h3H,2H2,1H3,(H,13,14). The van der Waals surface area contributed by atoms with Crippen LogP contribution in [0.1, 0.15) is 11.1 Å². The van der Waals surface area contributed by atoms with Crippen molar-refractivity contribution in [3.05, 3.63) is 27.7 Å². The van der Waals surface area contributed by atoms with Gasteiger partial charge in [-0.2, -0.15) is 0 Å². The van der Waals surface area contributed by atoms with Crippen LogP contribution in [-0.4, -0.2) is 11.3 Å². The molecule has 1 aromatic heterocycles. The highest BCUT2D eigenvalue weighted by molar-refractivity contribution is 6.17. The molecule has 0 bridgehead atoms. The quantitative estimate of drug-likeness (QED) is 0.808. The summed E-state index contributed by atoms with van der Waals surface area (Å²) in [6.45, 7) is 1.34. The Bertz CT molecular complexity index is 413. The zero-order chi connectivity index (χ0) is 11.6. The third-order valence-electron chi connectivity index (χ3n) is 1.77. The van der Waals surface area contributed by atoms with E-state index in [9.17, 15) is 18.0 Å². The lowest BCUT2D eigenvalue weighted by molar-refractivity contribution is -0.275. The van der Waals surface area contributed by atoms with E-state index in [2.05, 4.69) is 9.72 Å². The highest BCUT2D eigenvalue weighted by Gasteiger charge is 2.33. The molecule has 0 amide bonds. The first-order valence-electron chi connectivity index (χ1n) is 3.88. The first kappa shape index (κ1) is 11.9. The van der Waals surface area contributed by atoms with Gasteiger partial charge in [-0.1, -0.05) is 0 Å². The van der Waals surface area contributed by atoms with Crippen molar-refractivity contribution in [3.8, 4) is 5.75 Å². The predicted octanol–water partition coefficient (Wildman–Crippen LogP) is 2.32. The molecule has 1 heterocycles. The highest BCUT2D eigenvalue weighted by Crippen LogP contribution is 2.24. The second-order valence-electron chi connectivity index (χ2n) is 2.78. The third-order valence-corrected chi connectivity index (χ3v) is 2.06. The van der Waals surface area contributed by atoms with Gasteiger partial charge in [-0.15, -0.1) is 24.8 Å². The number of nitrogens with one attached hydrogen (secondary N) is 1. The average Bonchev–Trinajstić information content (AvgIpc) is 2.11. The Morgan fingerprint density at radius 1 is 1.53 bits per heavy atom. The molecule has 0 saturated carbocycles. The molecule has 15 heavy (non-hydrogen) atoms. The molecule has 1 rings (SSSR count). The Morgan fingerprint density at radius 3 is 2.60 bits per heavy atom. The molecule has 0 spiro atoms. The van der Waals surface area contributed by atoms with Crippen LogP contribution in [0.15, 0.2) is 11.0 Å². The fraction of sp³-hybridized carbons (Fsp3) is 0.375. The lowest BCUT2D eigenvalue weighted by Crippen LogP contribution is -2.24. The normalized spacial score (nSPS) is 11.5. The Morgan fingerprint density at radius 2 is 2.13 bits per heavy atom. The number of halogens is 4. The van der Waals surface area contributed by atoms with E-state index < -0.39 is 17.7 Å². The van der Waals surface area contributed by atoms with E-state index in [4.69, 9.17) is 11.6 Å². The van der Waals surface area contributed by atoms with Gasteiger partial charge < -0.3 is 9.72 Å². The van der Waals surface area contributed by atoms with E-state index in [0.29, 0.717) is 5.56 Å². The van der Waals surface area contributed by atoms with Gasteiger partial charge in [0.1, 0.15) is 0 Å². The number of aromatic nitrogens is 1. The lowest BCUT2D eigenvalue weighted by Gasteiger charge is -2.11. The first-order chi connectivity index (χ1) is 6.85. The van der Waals surface area contributed by atoms with Gasteiger partial charge in [0, 0.05) is 17.6 Å². The number of aromatic amines is 1. The fourth-order valence-electron chi connectivity index (χ4n) is 1.02. The average molecular weight is 242 g/mol. The Balaban J connectivity index is 3.22. The van der Waals surface area contributed by atoms with E-state index >= 15 is 0 Å². The summed E-state index contributed by atoms with van der Waals surface area (Å²) < 4.78 is 39.4. The Kier molecular flexibility index (Phi) is 3.28. The van der Waals surface area contributed by atoms with Crippen molar-refractivity contribution in [2.75, 3.05) is 0 Å². The molecular formula is C8H7ClF3NO2. The van der Waals surface area contributed by atoms with Crippen molar-refractivity contribution >= 4 is 11.6 Å². The number of rotatable bonds is 2. The molecule has 7 heteroatoms. The van der Waals surface area contributed by atoms with Crippen LogP contribution in [-0.2, 0) is 5.88 Å². The molecular weight excluding hydrogens is 235 g/mol. The van der Waals surface area contributed by atoms with Crippen molar-refractivity contribution < 1.29 is 17.9 Å². The van der Waals surface area contributed by atoms with Gasteiger partial charge in [0.05, 0.1) is 0 Å². The van der Waals surface area contributed by atoms with E-state index in [-0.39, 0.29) is 11.4 Å². The molecule has 0 atom stereocenters. The van der Waals surface area contributed by atoms with Crippen LogP contribution in [0.2, 0.25) is 0 Å². The molecule has 0 saturated heterocycles. The minimum Gasteiger partial charge on any atom is -0.400 e. The van der Waals surface area contributed by atoms with E-state index in [1.165, 1.54) is 13.1 Å². The van der Waals surface area contributed by atoms with Crippen LogP contribution >= 0.6 is 11.6 Å². The van der Waals surface area contributed by atoms with Crippen molar-refractivity contribution in [2.45, 2.75) is 19.2 Å². The molecule has 3 nitrogen and oxygen atoms in total. The molecule has 84 valence electrons. The van der Waals surface area contributed by atoms with Crippen LogP contribution in [0, 0.1) is 6.92 Å². The molecule has 0 aliphatic carbocycles. The number of ether oxygens (including phenoxy) is 1. The number of hydrogen-bond donors (Lipinski definition) is 1. The lowest BCUT2D eigenvalue weighted by atomic mass is 10.2. The van der Waals surface area contributed by atoms with Gasteiger partial charge in [0.2, 0.25) is 0 Å². The van der Waals surface area contributed by atoms with E-state index in [1.54, 1.807) is 0 Å². The van der Waals surface area contributed by atoms with Crippen LogP contribution in [0.4, 0.5) is 13.2 Å². The summed E-state index contributed by atoms with van der Waals surface area (Å²) in [5, 5.41) is 0. The molecule has 0 unspecified atom stereocenters. The SMILES string of the molecule is Cc1c(CCl)c[nH]c(=O)c1OC(F)(F)F. The summed E-state index contributed by atoms with van der Waals surface area (Å²) in [7, 11) is 0. The van der Waals surface area contributed by atoms with Crippen LogP contribution in [0.3, 0.4) is 0 Å². The molecule has 0 aliphatic heterocycles. The summed E-state index contributed by atoms with van der Waals surface area (Å²) in [4.78, 5) is 13.2. The van der Waals surface area contributed by atoms with Gasteiger partial charge in [0.15, 0.2) is 5.75 Å². The predicted molar refractivity (Wildman–Crippen MR) is 48.0 cm³/mol. The van der Waals surface area contributed by atoms with Gasteiger partial charge >= 0.3 is 6.36 Å². The molecule has 0 aliphatic rings. The zero-order valence-corrected chi connectivity index (χ0v) is 8.37. The molecule has 0 fully saturated rings. The van der Waals surface area contributed by atoms with Crippen LogP contribution in [0.25, 0.3) is 0 Å². The Labute approximate surface area is 87.8 Å². The molecule has 1 N–H and O–H groups in total. The summed E-state index contributed by atoms with van der Waals surface area (Å²) in [6, 6.07) is 0. The summed E-state index contributed by atoms with van der Waals surface area (Å²) in [5.74, 6) is -0.766. The number of hydrogen-bond acceptors (Lipinski definition) is 2. The van der Waals surface area contributed by atoms with Gasteiger partial charge in [-0.3, -0.25) is 4.79 Å². The van der Waals surface area contributed by atoms with Gasteiger partial charge in [-0.05, 0) is 12.5 Å². The van der Waals surface area contributed by atoms with Crippen molar-refractivity contribution in [1.29, 1.82) is 0 Å². The maximum atomic E-state index is 11.9. The van der Waals surface area contributed by atoms with E-state index in [1.807, 2.05) is 0 Å². The maximum absolute atomic E-state index is 11.9. The van der Waals surface area contributed by atoms with E-state index in [0.717, 1.165) is 0 Å². The summed E-state index contributed by atoms with van der Waals surface area (Å²) in [6.07, 6.45) is -3.63. The fourth-order valence-corrected chi connectivity index (χ4v) is 1.30. The minimum absolute atomic E-state index is 0.00314. The number of H-pyrrole nitrogens is 1. The second-order valence-corrected chi connectivity index (χ2v) is 3.05. The van der Waals surface area contributed by atoms with Gasteiger partial charge in [0.25, 0.3) is 5.56 Å². The molecule has 1 aromatic rings. The molecule has 0 radical (unpaired) electrons. The van der Waals surface area contributed by atoms with Crippen molar-refractivity contribution in [1.82, 2.24) is 4.98 Å². The third kappa shape index (κ3) is 2.89. The second kappa shape index (κ2) is 4.14. The first-order valence-corrected chi connectivity index (χ1v) is 4.41. The van der Waals surface area contributed by atoms with Gasteiger partial charge in [-0.25, -0.2) is 0 Å². The maximum Gasteiger partial charge on any atom is 0.573 e. The number of pyridine rings is 1. The van der Waals surface area contributed by atoms with Crippen LogP contribution < -0.4 is 10.3 Å². The molecule has 0 aromatic carbocycles. The topological polar surface area (TPSA) is 42.1 Å².